The largest absolute Gasteiger partial charge is 0.264 e. The van der Waals surface area contributed by atoms with Gasteiger partial charge in [0, 0.05) is 12.4 Å². The van der Waals surface area contributed by atoms with E-state index < -0.39 is 0 Å². The van der Waals surface area contributed by atoms with E-state index in [9.17, 15) is 0 Å². The highest BCUT2D eigenvalue weighted by atomic mass is 14.6. The van der Waals surface area contributed by atoms with Gasteiger partial charge in [-0.1, -0.05) is 54.5 Å². The van der Waals surface area contributed by atoms with E-state index in [0.717, 1.165) is 5.92 Å². The molecule has 0 saturated carbocycles. The van der Waals surface area contributed by atoms with E-state index in [0.29, 0.717) is 5.92 Å². The van der Waals surface area contributed by atoms with Crippen molar-refractivity contribution in [1.29, 1.82) is 0 Å². The van der Waals surface area contributed by atoms with E-state index in [1.54, 1.807) is 6.20 Å². The van der Waals surface area contributed by atoms with Crippen molar-refractivity contribution in [1.82, 2.24) is 4.98 Å². The number of hydrogen-bond donors (Lipinski definition) is 0. The van der Waals surface area contributed by atoms with Gasteiger partial charge in [-0.05, 0) is 23.5 Å². The molecule has 1 aromatic heterocycles. The van der Waals surface area contributed by atoms with Crippen LogP contribution in [0.2, 0.25) is 0 Å². The van der Waals surface area contributed by atoms with Crippen LogP contribution in [0.15, 0.2) is 24.5 Å². The van der Waals surface area contributed by atoms with Crippen molar-refractivity contribution in [2.24, 2.45) is 5.92 Å². The molecule has 1 nitrogen and oxygen atoms in total. The quantitative estimate of drug-likeness (QED) is 0.641. The highest BCUT2D eigenvalue weighted by molar-refractivity contribution is 5.12. The molecule has 88 valence electrons. The van der Waals surface area contributed by atoms with Gasteiger partial charge in [0.15, 0.2) is 0 Å². The van der Waals surface area contributed by atoms with E-state index in [1.807, 2.05) is 26.1 Å². The van der Waals surface area contributed by atoms with Gasteiger partial charge in [0.25, 0.3) is 0 Å². The predicted molar refractivity (Wildman–Crippen MR) is 70.2 cm³/mol. The first-order chi connectivity index (χ1) is 7.04. The van der Waals surface area contributed by atoms with Gasteiger partial charge in [-0.15, -0.1) is 0 Å². The minimum atomic E-state index is 0.596. The van der Waals surface area contributed by atoms with E-state index in [2.05, 4.69) is 45.7 Å². The Morgan fingerprint density at radius 3 is 1.67 bits per heavy atom. The zero-order chi connectivity index (χ0) is 12.3. The van der Waals surface area contributed by atoms with Gasteiger partial charge in [0.1, 0.15) is 0 Å². The minimum Gasteiger partial charge on any atom is -0.264 e. The van der Waals surface area contributed by atoms with E-state index in [4.69, 9.17) is 0 Å². The van der Waals surface area contributed by atoms with Crippen LogP contribution in [-0.2, 0) is 0 Å². The Morgan fingerprint density at radius 2 is 1.47 bits per heavy atom. The van der Waals surface area contributed by atoms with Crippen LogP contribution in [-0.4, -0.2) is 4.98 Å². The topological polar surface area (TPSA) is 12.9 Å². The lowest BCUT2D eigenvalue weighted by atomic mass is 10.1. The van der Waals surface area contributed by atoms with Gasteiger partial charge in [0.05, 0.1) is 0 Å². The summed E-state index contributed by atoms with van der Waals surface area (Å²) in [5.41, 5.74) is 1.30. The van der Waals surface area contributed by atoms with Crippen LogP contribution in [0.5, 0.6) is 0 Å². The zero-order valence-corrected chi connectivity index (χ0v) is 11.4. The standard InChI is InChI=1S/C8H11N.C4H10.C2H6/c1-7(2)8-4-3-5-9-6-8;1-4(2)3;1-2/h3-7H,1-2H3;4H,1-3H3;1-2H3. The maximum Gasteiger partial charge on any atom is 0.0302 e. The molecule has 0 unspecified atom stereocenters. The highest BCUT2D eigenvalue weighted by Crippen LogP contribution is 2.10. The van der Waals surface area contributed by atoms with Crippen LogP contribution >= 0.6 is 0 Å². The third kappa shape index (κ3) is 13.2. The molecular formula is C14H27N. The van der Waals surface area contributed by atoms with Gasteiger partial charge >= 0.3 is 0 Å². The van der Waals surface area contributed by atoms with Gasteiger partial charge in [-0.25, -0.2) is 0 Å². The maximum absolute atomic E-state index is 4.01. The summed E-state index contributed by atoms with van der Waals surface area (Å²) >= 11 is 0. The Labute approximate surface area is 95.9 Å². The molecule has 15 heavy (non-hydrogen) atoms. The number of rotatable bonds is 1. The van der Waals surface area contributed by atoms with Crippen molar-refractivity contribution in [3.63, 3.8) is 0 Å². The summed E-state index contributed by atoms with van der Waals surface area (Å²) in [5.74, 6) is 1.43. The predicted octanol–water partition coefficient (Wildman–Crippen LogP) is 4.89. The number of hydrogen-bond acceptors (Lipinski definition) is 1. The Hall–Kier alpha value is -0.850. The molecule has 0 atom stereocenters. The fourth-order valence-corrected chi connectivity index (χ4v) is 0.717. The van der Waals surface area contributed by atoms with Crippen molar-refractivity contribution in [2.75, 3.05) is 0 Å². The van der Waals surface area contributed by atoms with Crippen molar-refractivity contribution in [3.8, 4) is 0 Å². The van der Waals surface area contributed by atoms with Crippen LogP contribution in [0.4, 0.5) is 0 Å². The van der Waals surface area contributed by atoms with Gasteiger partial charge in [-0.2, -0.15) is 0 Å². The average molecular weight is 209 g/mol. The molecule has 0 aliphatic heterocycles. The van der Waals surface area contributed by atoms with Crippen molar-refractivity contribution in [2.45, 2.75) is 54.4 Å². The van der Waals surface area contributed by atoms with Gasteiger partial charge in [-0.3, -0.25) is 4.98 Å². The van der Waals surface area contributed by atoms with Crippen LogP contribution < -0.4 is 0 Å². The summed E-state index contributed by atoms with van der Waals surface area (Å²) in [4.78, 5) is 4.01. The molecule has 0 saturated heterocycles. The molecule has 0 radical (unpaired) electrons. The van der Waals surface area contributed by atoms with Crippen molar-refractivity contribution in [3.05, 3.63) is 30.1 Å². The van der Waals surface area contributed by atoms with E-state index in [1.165, 1.54) is 5.56 Å². The summed E-state index contributed by atoms with van der Waals surface area (Å²) in [6.07, 6.45) is 3.70. The summed E-state index contributed by atoms with van der Waals surface area (Å²) in [7, 11) is 0. The Bertz CT molecular complexity index is 199. The van der Waals surface area contributed by atoms with Crippen LogP contribution in [0, 0.1) is 5.92 Å². The third-order valence-electron chi connectivity index (χ3n) is 1.35. The molecular weight excluding hydrogens is 182 g/mol. The first kappa shape index (κ1) is 16.6. The third-order valence-corrected chi connectivity index (χ3v) is 1.35. The molecule has 0 aromatic carbocycles. The lowest BCUT2D eigenvalue weighted by Gasteiger charge is -2.00. The van der Waals surface area contributed by atoms with Crippen LogP contribution in [0.25, 0.3) is 0 Å². The molecule has 1 aromatic rings. The molecule has 0 aliphatic carbocycles. The normalized spacial score (nSPS) is 8.87. The molecule has 1 heteroatoms. The fourth-order valence-electron chi connectivity index (χ4n) is 0.717. The summed E-state index contributed by atoms with van der Waals surface area (Å²) in [5, 5.41) is 0. The second-order valence-electron chi connectivity index (χ2n) is 4.17. The first-order valence-electron chi connectivity index (χ1n) is 5.94. The zero-order valence-electron chi connectivity index (χ0n) is 11.4. The van der Waals surface area contributed by atoms with Crippen molar-refractivity contribution < 1.29 is 0 Å². The number of pyridine rings is 1. The Morgan fingerprint density at radius 1 is 1.00 bits per heavy atom. The molecule has 1 heterocycles. The van der Waals surface area contributed by atoms with Crippen LogP contribution in [0.3, 0.4) is 0 Å². The molecule has 0 amide bonds. The lowest BCUT2D eigenvalue weighted by Crippen LogP contribution is -1.85. The SMILES string of the molecule is CC.CC(C)C.CC(C)c1cccnc1. The fraction of sp³-hybridized carbons (Fsp3) is 0.643. The number of aromatic nitrogens is 1. The number of nitrogens with zero attached hydrogens (tertiary/aromatic N) is 1. The monoisotopic (exact) mass is 209 g/mol. The molecule has 0 spiro atoms. The second kappa shape index (κ2) is 11.2. The lowest BCUT2D eigenvalue weighted by molar-refractivity contribution is 0.737. The van der Waals surface area contributed by atoms with Crippen molar-refractivity contribution >= 4 is 0 Å². The molecule has 0 aliphatic rings. The smallest absolute Gasteiger partial charge is 0.0302 e. The molecule has 0 fully saturated rings. The Balaban J connectivity index is 0. The van der Waals surface area contributed by atoms with E-state index >= 15 is 0 Å². The van der Waals surface area contributed by atoms with Gasteiger partial charge in [0.2, 0.25) is 0 Å². The molecule has 1 rings (SSSR count). The summed E-state index contributed by atoms with van der Waals surface area (Å²) < 4.78 is 0. The maximum atomic E-state index is 4.01. The Kier molecular flexibility index (Phi) is 12.4. The highest BCUT2D eigenvalue weighted by Gasteiger charge is 1.94. The van der Waals surface area contributed by atoms with Gasteiger partial charge < -0.3 is 0 Å². The molecule has 0 N–H and O–H groups in total. The second-order valence-corrected chi connectivity index (χ2v) is 4.17. The minimum absolute atomic E-state index is 0.596. The molecule has 0 bridgehead atoms. The van der Waals surface area contributed by atoms with E-state index in [-0.39, 0.29) is 0 Å². The van der Waals surface area contributed by atoms with Crippen LogP contribution in [0.1, 0.15) is 59.9 Å². The average Bonchev–Trinajstić information content (AvgIpc) is 2.21. The summed E-state index contributed by atoms with van der Waals surface area (Å²) in [6, 6.07) is 4.06. The summed E-state index contributed by atoms with van der Waals surface area (Å²) in [6.45, 7) is 14.8. The first-order valence-corrected chi connectivity index (χ1v) is 5.94.